The molecule has 1 aliphatic rings. The van der Waals surface area contributed by atoms with Crippen LogP contribution in [-0.2, 0) is 4.79 Å². The lowest BCUT2D eigenvalue weighted by Crippen LogP contribution is -2.50. The zero-order valence-corrected chi connectivity index (χ0v) is 11.5. The van der Waals surface area contributed by atoms with Crippen molar-refractivity contribution in [2.24, 2.45) is 16.6 Å². The van der Waals surface area contributed by atoms with Gasteiger partial charge in [-0.15, -0.1) is 0 Å². The maximum atomic E-state index is 11.0. The van der Waals surface area contributed by atoms with Gasteiger partial charge in [-0.1, -0.05) is 0 Å². The maximum absolute atomic E-state index is 11.0. The standard InChI is InChI=1S/C12H25N5O2/c1-12(13)8-16-4-2-14-6-10(11(18)19)7-15-3-5-17-9-12/h4,10,14-15,17H,2-3,5-9,13H2,1H3,(H,18,19). The van der Waals surface area contributed by atoms with E-state index in [1.807, 2.05) is 6.92 Å². The molecule has 2 unspecified atom stereocenters. The van der Waals surface area contributed by atoms with Crippen molar-refractivity contribution >= 4 is 12.2 Å². The van der Waals surface area contributed by atoms with Gasteiger partial charge in [0, 0.05) is 51.0 Å². The van der Waals surface area contributed by atoms with Crippen LogP contribution in [0.4, 0.5) is 0 Å². The van der Waals surface area contributed by atoms with E-state index in [0.29, 0.717) is 32.7 Å². The third kappa shape index (κ3) is 7.22. The van der Waals surface area contributed by atoms with E-state index in [0.717, 1.165) is 13.1 Å². The van der Waals surface area contributed by atoms with E-state index in [1.165, 1.54) is 0 Å². The molecule has 0 aromatic rings. The zero-order chi connectivity index (χ0) is 14.1. The highest BCUT2D eigenvalue weighted by atomic mass is 16.4. The SMILES string of the molecule is CC1(N)CN=CCNCC(C(=O)O)CNCCNC1. The number of nitrogens with two attached hydrogens (primary N) is 1. The van der Waals surface area contributed by atoms with E-state index in [4.69, 9.17) is 10.8 Å². The molecule has 0 saturated carbocycles. The number of nitrogens with one attached hydrogen (secondary N) is 3. The van der Waals surface area contributed by atoms with E-state index in [2.05, 4.69) is 20.9 Å². The predicted molar refractivity (Wildman–Crippen MR) is 75.7 cm³/mol. The van der Waals surface area contributed by atoms with E-state index in [-0.39, 0.29) is 5.54 Å². The van der Waals surface area contributed by atoms with Crippen molar-refractivity contribution in [2.45, 2.75) is 12.5 Å². The normalized spacial score (nSPS) is 31.6. The van der Waals surface area contributed by atoms with Crippen molar-refractivity contribution in [1.82, 2.24) is 16.0 Å². The molecule has 0 radical (unpaired) electrons. The van der Waals surface area contributed by atoms with Gasteiger partial charge in [-0.05, 0) is 6.92 Å². The van der Waals surface area contributed by atoms with Gasteiger partial charge in [0.1, 0.15) is 0 Å². The number of carbonyl (C=O) groups is 1. The van der Waals surface area contributed by atoms with E-state index < -0.39 is 11.9 Å². The summed E-state index contributed by atoms with van der Waals surface area (Å²) in [5.41, 5.74) is 5.74. The van der Waals surface area contributed by atoms with Crippen LogP contribution >= 0.6 is 0 Å². The minimum absolute atomic E-state index is 0.357. The third-order valence-electron chi connectivity index (χ3n) is 2.96. The molecule has 19 heavy (non-hydrogen) atoms. The Morgan fingerprint density at radius 3 is 2.79 bits per heavy atom. The number of rotatable bonds is 1. The first kappa shape index (κ1) is 16.0. The van der Waals surface area contributed by atoms with Crippen LogP contribution in [0.3, 0.4) is 0 Å². The maximum Gasteiger partial charge on any atom is 0.309 e. The average Bonchev–Trinajstić information content (AvgIpc) is 2.33. The molecule has 2 atom stereocenters. The highest BCUT2D eigenvalue weighted by Crippen LogP contribution is 1.97. The molecule has 0 amide bonds. The quantitative estimate of drug-likeness (QED) is 0.387. The molecule has 0 saturated heterocycles. The largest absolute Gasteiger partial charge is 0.481 e. The first-order valence-electron chi connectivity index (χ1n) is 6.63. The van der Waals surface area contributed by atoms with Gasteiger partial charge in [-0.25, -0.2) is 0 Å². The Bertz CT molecular complexity index is 306. The smallest absolute Gasteiger partial charge is 0.309 e. The minimum atomic E-state index is -0.786. The molecule has 1 rings (SSSR count). The summed E-state index contributed by atoms with van der Waals surface area (Å²) >= 11 is 0. The van der Waals surface area contributed by atoms with Crippen LogP contribution in [0.25, 0.3) is 0 Å². The van der Waals surface area contributed by atoms with Gasteiger partial charge in [0.2, 0.25) is 0 Å². The van der Waals surface area contributed by atoms with Crippen LogP contribution in [0.1, 0.15) is 6.92 Å². The van der Waals surface area contributed by atoms with Crippen molar-refractivity contribution in [2.75, 3.05) is 45.8 Å². The molecule has 0 aliphatic carbocycles. The number of carboxylic acids is 1. The molecule has 0 aromatic carbocycles. The highest BCUT2D eigenvalue weighted by Gasteiger charge is 2.18. The molecule has 6 N–H and O–H groups in total. The number of nitrogens with zero attached hydrogens (tertiary/aromatic N) is 1. The molecule has 7 nitrogen and oxygen atoms in total. The van der Waals surface area contributed by atoms with Gasteiger partial charge in [0.05, 0.1) is 12.5 Å². The molecule has 0 spiro atoms. The number of aliphatic carboxylic acids is 1. The summed E-state index contributed by atoms with van der Waals surface area (Å²) in [4.78, 5) is 15.3. The first-order chi connectivity index (χ1) is 9.01. The van der Waals surface area contributed by atoms with E-state index >= 15 is 0 Å². The van der Waals surface area contributed by atoms with Gasteiger partial charge in [0.15, 0.2) is 0 Å². The second-order valence-corrected chi connectivity index (χ2v) is 5.25. The highest BCUT2D eigenvalue weighted by molar-refractivity contribution is 5.70. The molecule has 7 heteroatoms. The monoisotopic (exact) mass is 271 g/mol. The fourth-order valence-corrected chi connectivity index (χ4v) is 1.79. The summed E-state index contributed by atoms with van der Waals surface area (Å²) in [5, 5.41) is 18.5. The van der Waals surface area contributed by atoms with Crippen LogP contribution in [0.5, 0.6) is 0 Å². The molecule has 0 aromatic heterocycles. The first-order valence-corrected chi connectivity index (χ1v) is 6.63. The minimum Gasteiger partial charge on any atom is -0.481 e. The Morgan fingerprint density at radius 2 is 2.05 bits per heavy atom. The van der Waals surface area contributed by atoms with Crippen LogP contribution in [0.2, 0.25) is 0 Å². The van der Waals surface area contributed by atoms with Crippen LogP contribution in [0, 0.1) is 5.92 Å². The molecule has 110 valence electrons. The van der Waals surface area contributed by atoms with E-state index in [1.54, 1.807) is 6.21 Å². The second-order valence-electron chi connectivity index (χ2n) is 5.25. The average molecular weight is 271 g/mol. The lowest BCUT2D eigenvalue weighted by Gasteiger charge is -2.23. The second kappa shape index (κ2) is 8.21. The summed E-state index contributed by atoms with van der Waals surface area (Å²) in [6.07, 6.45) is 1.75. The molecule has 1 heterocycles. The van der Waals surface area contributed by atoms with E-state index in [9.17, 15) is 4.79 Å². The van der Waals surface area contributed by atoms with Gasteiger partial charge in [-0.3, -0.25) is 9.79 Å². The van der Waals surface area contributed by atoms with Crippen molar-refractivity contribution in [3.8, 4) is 0 Å². The molecular formula is C12H25N5O2. The lowest BCUT2D eigenvalue weighted by atomic mass is 10.0. The van der Waals surface area contributed by atoms with Crippen LogP contribution < -0.4 is 21.7 Å². The van der Waals surface area contributed by atoms with Gasteiger partial charge < -0.3 is 26.8 Å². The summed E-state index contributed by atoms with van der Waals surface area (Å²) in [6, 6.07) is 0. The van der Waals surface area contributed by atoms with Crippen molar-refractivity contribution in [3.05, 3.63) is 0 Å². The Balaban J connectivity index is 2.48. The fourth-order valence-electron chi connectivity index (χ4n) is 1.79. The topological polar surface area (TPSA) is 112 Å². The zero-order valence-electron chi connectivity index (χ0n) is 11.5. The Morgan fingerprint density at radius 1 is 1.37 bits per heavy atom. The molecule has 1 aliphatic heterocycles. The van der Waals surface area contributed by atoms with Gasteiger partial charge >= 0.3 is 5.97 Å². The van der Waals surface area contributed by atoms with Crippen LogP contribution in [-0.4, -0.2) is 68.6 Å². The number of hydrogen-bond donors (Lipinski definition) is 5. The van der Waals surface area contributed by atoms with Crippen LogP contribution in [0.15, 0.2) is 4.99 Å². The summed E-state index contributed by atoms with van der Waals surface area (Å²) in [6.45, 7) is 6.14. The summed E-state index contributed by atoms with van der Waals surface area (Å²) < 4.78 is 0. The molecule has 0 bridgehead atoms. The summed E-state index contributed by atoms with van der Waals surface area (Å²) in [7, 11) is 0. The molecular weight excluding hydrogens is 246 g/mol. The predicted octanol–water partition coefficient (Wildman–Crippen LogP) is -1.74. The molecule has 0 fully saturated rings. The number of carboxylic acid groups (broad SMARTS) is 1. The van der Waals surface area contributed by atoms with Gasteiger partial charge in [-0.2, -0.15) is 0 Å². The summed E-state index contributed by atoms with van der Waals surface area (Å²) in [5.74, 6) is -1.21. The Labute approximate surface area is 114 Å². The lowest BCUT2D eigenvalue weighted by molar-refractivity contribution is -0.141. The fraction of sp³-hybridized carbons (Fsp3) is 0.833. The van der Waals surface area contributed by atoms with Crippen molar-refractivity contribution < 1.29 is 9.90 Å². The Hall–Kier alpha value is -1.02. The van der Waals surface area contributed by atoms with Crippen molar-refractivity contribution in [1.29, 1.82) is 0 Å². The number of hydrogen-bond acceptors (Lipinski definition) is 6. The Kier molecular flexibility index (Phi) is 6.93. The third-order valence-corrected chi connectivity index (χ3v) is 2.96. The number of aliphatic imine (C=N–C) groups is 1. The van der Waals surface area contributed by atoms with Crippen molar-refractivity contribution in [3.63, 3.8) is 0 Å². The van der Waals surface area contributed by atoms with Gasteiger partial charge in [0.25, 0.3) is 0 Å².